The Hall–Kier alpha value is -1.35. The van der Waals surface area contributed by atoms with Crippen LogP contribution in [0.2, 0.25) is 0 Å². The summed E-state index contributed by atoms with van der Waals surface area (Å²) < 4.78 is 66.9. The summed E-state index contributed by atoms with van der Waals surface area (Å²) in [6.07, 6.45) is -4.37. The summed E-state index contributed by atoms with van der Waals surface area (Å²) in [4.78, 5) is 10.4. The van der Waals surface area contributed by atoms with Crippen molar-refractivity contribution < 1.29 is 30.8 Å². The highest BCUT2D eigenvalue weighted by Crippen LogP contribution is 2.35. The van der Waals surface area contributed by atoms with E-state index in [0.717, 1.165) is 16.4 Å². The normalized spacial score (nSPS) is 21.7. The number of rotatable bonds is 3. The molecule has 2 rings (SSSR count). The van der Waals surface area contributed by atoms with Crippen LogP contribution in [-0.4, -0.2) is 38.3 Å². The Morgan fingerprint density at radius 3 is 2.53 bits per heavy atom. The number of hydrogen-bond acceptors (Lipinski definition) is 4. The van der Waals surface area contributed by atoms with Gasteiger partial charge in [-0.2, -0.15) is 17.5 Å². The Morgan fingerprint density at radius 2 is 2.05 bits per heavy atom. The molecule has 0 spiro atoms. The topological polar surface area (TPSA) is 67.6 Å². The van der Waals surface area contributed by atoms with Crippen LogP contribution in [0.5, 0.6) is 0 Å². The number of aldehydes is 1. The number of carbonyl (C=O) groups excluding carboxylic acids is 1. The molecule has 1 aromatic heterocycles. The average molecular weight is 297 g/mol. The first kappa shape index (κ1) is 14.1. The lowest BCUT2D eigenvalue weighted by molar-refractivity contribution is -0.169. The van der Waals surface area contributed by atoms with Crippen LogP contribution < -0.4 is 0 Å². The van der Waals surface area contributed by atoms with E-state index in [9.17, 15) is 26.4 Å². The van der Waals surface area contributed by atoms with Gasteiger partial charge in [0.2, 0.25) is 5.09 Å². The number of alkyl halides is 3. The molecule has 0 saturated carbocycles. The molecule has 1 aliphatic heterocycles. The van der Waals surface area contributed by atoms with Crippen molar-refractivity contribution in [3.63, 3.8) is 0 Å². The van der Waals surface area contributed by atoms with E-state index >= 15 is 0 Å². The molecule has 2 heterocycles. The van der Waals surface area contributed by atoms with Crippen LogP contribution in [0.1, 0.15) is 17.0 Å². The third-order valence-electron chi connectivity index (χ3n) is 2.93. The predicted molar refractivity (Wildman–Crippen MR) is 57.0 cm³/mol. The first-order valence-corrected chi connectivity index (χ1v) is 6.81. The van der Waals surface area contributed by atoms with Crippen LogP contribution >= 0.6 is 0 Å². The predicted octanol–water partition coefficient (Wildman–Crippen LogP) is 1.67. The molecule has 0 radical (unpaired) electrons. The smallest absolute Gasteiger partial charge is 0.393 e. The van der Waals surface area contributed by atoms with E-state index in [2.05, 4.69) is 0 Å². The molecule has 1 unspecified atom stereocenters. The van der Waals surface area contributed by atoms with Gasteiger partial charge in [-0.05, 0) is 18.6 Å². The Balaban J connectivity index is 2.20. The Bertz CT molecular complexity index is 578. The fourth-order valence-electron chi connectivity index (χ4n) is 1.88. The van der Waals surface area contributed by atoms with Crippen LogP contribution in [0.15, 0.2) is 21.6 Å². The Morgan fingerprint density at radius 1 is 1.37 bits per heavy atom. The SMILES string of the molecule is O=Cc1ccc(S(=O)(=O)N2CCC(C(F)(F)F)C2)o1. The highest BCUT2D eigenvalue weighted by Gasteiger charge is 2.47. The van der Waals surface area contributed by atoms with Crippen LogP contribution in [-0.2, 0) is 10.0 Å². The molecule has 19 heavy (non-hydrogen) atoms. The van der Waals surface area contributed by atoms with Gasteiger partial charge in [0.15, 0.2) is 12.0 Å². The van der Waals surface area contributed by atoms with Crippen molar-refractivity contribution in [2.45, 2.75) is 17.7 Å². The van der Waals surface area contributed by atoms with Gasteiger partial charge in [0.05, 0.1) is 5.92 Å². The van der Waals surface area contributed by atoms with E-state index in [0.29, 0.717) is 6.29 Å². The second-order valence-electron chi connectivity index (χ2n) is 4.16. The van der Waals surface area contributed by atoms with Gasteiger partial charge in [-0.25, -0.2) is 8.42 Å². The third kappa shape index (κ3) is 2.66. The van der Waals surface area contributed by atoms with Crippen molar-refractivity contribution >= 4 is 16.3 Å². The highest BCUT2D eigenvalue weighted by molar-refractivity contribution is 7.89. The van der Waals surface area contributed by atoms with Crippen LogP contribution in [0.25, 0.3) is 0 Å². The third-order valence-corrected chi connectivity index (χ3v) is 4.67. The zero-order valence-corrected chi connectivity index (χ0v) is 10.4. The number of carbonyl (C=O) groups is 1. The molecule has 0 amide bonds. The standard InChI is InChI=1S/C10H10F3NO4S/c11-10(12,13)7-3-4-14(5-7)19(16,17)9-2-1-8(6-15)18-9/h1-2,6-7H,3-5H2. The summed E-state index contributed by atoms with van der Waals surface area (Å²) in [7, 11) is -4.11. The lowest BCUT2D eigenvalue weighted by Gasteiger charge is -2.16. The molecule has 1 aliphatic rings. The zero-order chi connectivity index (χ0) is 14.3. The maximum Gasteiger partial charge on any atom is 0.393 e. The van der Waals surface area contributed by atoms with Crippen LogP contribution in [0, 0.1) is 5.92 Å². The number of sulfonamides is 1. The molecule has 0 aliphatic carbocycles. The molecule has 5 nitrogen and oxygen atoms in total. The van der Waals surface area contributed by atoms with E-state index in [1.807, 2.05) is 0 Å². The van der Waals surface area contributed by atoms with Crippen LogP contribution in [0.3, 0.4) is 0 Å². The Labute approximate surface area is 107 Å². The average Bonchev–Trinajstić information content (AvgIpc) is 2.98. The van der Waals surface area contributed by atoms with E-state index in [1.165, 1.54) is 0 Å². The highest BCUT2D eigenvalue weighted by atomic mass is 32.2. The minimum atomic E-state index is -4.42. The second kappa shape index (κ2) is 4.64. The van der Waals surface area contributed by atoms with Gasteiger partial charge in [-0.1, -0.05) is 0 Å². The molecule has 9 heteroatoms. The van der Waals surface area contributed by atoms with E-state index < -0.39 is 33.8 Å². The number of furan rings is 1. The largest absolute Gasteiger partial charge is 0.440 e. The molecule has 1 aromatic rings. The maximum atomic E-state index is 12.5. The van der Waals surface area contributed by atoms with Gasteiger partial charge < -0.3 is 4.42 Å². The number of halogens is 3. The molecule has 1 atom stereocenters. The number of hydrogen-bond donors (Lipinski definition) is 0. The zero-order valence-electron chi connectivity index (χ0n) is 9.55. The molecular formula is C10H10F3NO4S. The van der Waals surface area contributed by atoms with Crippen molar-refractivity contribution in [3.05, 3.63) is 17.9 Å². The van der Waals surface area contributed by atoms with Crippen molar-refractivity contribution in [3.8, 4) is 0 Å². The quantitative estimate of drug-likeness (QED) is 0.796. The fraction of sp³-hybridized carbons (Fsp3) is 0.500. The summed E-state index contributed by atoms with van der Waals surface area (Å²) in [5, 5.41) is -0.516. The van der Waals surface area contributed by atoms with Gasteiger partial charge in [0.1, 0.15) is 0 Å². The van der Waals surface area contributed by atoms with Crippen LogP contribution in [0.4, 0.5) is 13.2 Å². The molecule has 0 aromatic carbocycles. The van der Waals surface area contributed by atoms with E-state index in [4.69, 9.17) is 4.42 Å². The molecular weight excluding hydrogens is 287 g/mol. The van der Waals surface area contributed by atoms with E-state index in [-0.39, 0.29) is 18.7 Å². The first-order chi connectivity index (χ1) is 8.75. The minimum absolute atomic E-state index is 0.190. The first-order valence-electron chi connectivity index (χ1n) is 5.37. The summed E-state index contributed by atoms with van der Waals surface area (Å²) in [6, 6.07) is 2.21. The van der Waals surface area contributed by atoms with Crippen molar-refractivity contribution in [1.29, 1.82) is 0 Å². The van der Waals surface area contributed by atoms with Gasteiger partial charge in [0.25, 0.3) is 10.0 Å². The van der Waals surface area contributed by atoms with Gasteiger partial charge in [0, 0.05) is 13.1 Å². The van der Waals surface area contributed by atoms with Gasteiger partial charge in [-0.3, -0.25) is 4.79 Å². The lowest BCUT2D eigenvalue weighted by Crippen LogP contribution is -2.31. The summed E-state index contributed by atoms with van der Waals surface area (Å²) in [5.74, 6) is -1.85. The van der Waals surface area contributed by atoms with Gasteiger partial charge >= 0.3 is 6.18 Å². The molecule has 0 bridgehead atoms. The molecule has 0 N–H and O–H groups in total. The minimum Gasteiger partial charge on any atom is -0.440 e. The molecule has 1 fully saturated rings. The Kier molecular flexibility index (Phi) is 3.43. The van der Waals surface area contributed by atoms with E-state index in [1.54, 1.807) is 0 Å². The maximum absolute atomic E-state index is 12.5. The lowest BCUT2D eigenvalue weighted by atomic mass is 10.1. The van der Waals surface area contributed by atoms with Crippen molar-refractivity contribution in [2.75, 3.05) is 13.1 Å². The molecule has 106 valence electrons. The monoisotopic (exact) mass is 297 g/mol. The summed E-state index contributed by atoms with van der Waals surface area (Å²) in [6.45, 7) is -0.841. The van der Waals surface area contributed by atoms with Crippen molar-refractivity contribution in [1.82, 2.24) is 4.31 Å². The summed E-state index contributed by atoms with van der Waals surface area (Å²) in [5.41, 5.74) is 0. The number of nitrogens with zero attached hydrogens (tertiary/aromatic N) is 1. The molecule has 1 saturated heterocycles. The second-order valence-corrected chi connectivity index (χ2v) is 6.03. The summed E-state index contributed by atoms with van der Waals surface area (Å²) >= 11 is 0. The van der Waals surface area contributed by atoms with Gasteiger partial charge in [-0.15, -0.1) is 0 Å². The fourth-order valence-corrected chi connectivity index (χ4v) is 3.30. The van der Waals surface area contributed by atoms with Crippen molar-refractivity contribution in [2.24, 2.45) is 5.92 Å².